The number of rotatable bonds is 3. The van der Waals surface area contributed by atoms with Crippen molar-refractivity contribution in [3.8, 4) is 0 Å². The zero-order valence-electron chi connectivity index (χ0n) is 7.31. The van der Waals surface area contributed by atoms with Crippen molar-refractivity contribution in [3.05, 3.63) is 0 Å². The van der Waals surface area contributed by atoms with E-state index >= 15 is 0 Å². The molecular weight excluding hydrogens is 181 g/mol. The first-order valence-electron chi connectivity index (χ1n) is 4.59. The Hall–Kier alpha value is -0.540. The topological polar surface area (TPSA) is 17.1 Å². The van der Waals surface area contributed by atoms with E-state index in [0.29, 0.717) is 12.8 Å². The van der Waals surface area contributed by atoms with Crippen LogP contribution in [0.15, 0.2) is 0 Å². The van der Waals surface area contributed by atoms with Gasteiger partial charge in [-0.1, -0.05) is 19.3 Å². The Morgan fingerprint density at radius 1 is 1.08 bits per heavy atom. The molecule has 1 saturated carbocycles. The van der Waals surface area contributed by atoms with Crippen LogP contribution >= 0.6 is 0 Å². The van der Waals surface area contributed by atoms with Gasteiger partial charge < -0.3 is 0 Å². The van der Waals surface area contributed by atoms with E-state index < -0.39 is 24.3 Å². The summed E-state index contributed by atoms with van der Waals surface area (Å²) in [6.07, 6.45) is -1.84. The third-order valence-corrected chi connectivity index (χ3v) is 2.50. The first-order valence-corrected chi connectivity index (χ1v) is 4.59. The van der Waals surface area contributed by atoms with Gasteiger partial charge in [-0.2, -0.15) is 0 Å². The summed E-state index contributed by atoms with van der Waals surface area (Å²) in [6, 6.07) is 0. The van der Waals surface area contributed by atoms with Gasteiger partial charge in [0.15, 0.2) is 5.78 Å². The van der Waals surface area contributed by atoms with E-state index in [1.807, 2.05) is 0 Å². The first kappa shape index (κ1) is 10.5. The molecule has 1 unspecified atom stereocenters. The van der Waals surface area contributed by atoms with Crippen LogP contribution in [-0.4, -0.2) is 18.4 Å². The van der Waals surface area contributed by atoms with Crippen LogP contribution in [0.3, 0.4) is 0 Å². The van der Waals surface area contributed by atoms with Crippen molar-refractivity contribution in [2.75, 3.05) is 0 Å². The largest absolute Gasteiger partial charge is 0.296 e. The number of carbonyl (C=O) groups is 1. The Morgan fingerprint density at radius 2 is 1.62 bits per heavy atom. The Morgan fingerprint density at radius 3 is 2.08 bits per heavy atom. The molecule has 0 amide bonds. The summed E-state index contributed by atoms with van der Waals surface area (Å²) in [6.45, 7) is 0. The molecule has 0 aromatic heterocycles. The molecule has 4 heteroatoms. The van der Waals surface area contributed by atoms with E-state index in [9.17, 15) is 18.0 Å². The Balaban J connectivity index is 2.45. The van der Waals surface area contributed by atoms with Crippen molar-refractivity contribution >= 4 is 5.78 Å². The van der Waals surface area contributed by atoms with Crippen molar-refractivity contribution in [1.29, 1.82) is 0 Å². The van der Waals surface area contributed by atoms with Gasteiger partial charge in [0.2, 0.25) is 6.17 Å². The fraction of sp³-hybridized carbons (Fsp3) is 0.889. The quantitative estimate of drug-likeness (QED) is 0.675. The molecule has 1 nitrogen and oxygen atoms in total. The number of halogens is 3. The number of hydrogen-bond donors (Lipinski definition) is 0. The van der Waals surface area contributed by atoms with Crippen LogP contribution in [0.5, 0.6) is 0 Å². The van der Waals surface area contributed by atoms with Gasteiger partial charge in [0, 0.05) is 5.92 Å². The second-order valence-electron chi connectivity index (χ2n) is 3.47. The average Bonchev–Trinajstić information content (AvgIpc) is 2.17. The minimum atomic E-state index is -3.16. The van der Waals surface area contributed by atoms with Crippen LogP contribution in [-0.2, 0) is 4.79 Å². The van der Waals surface area contributed by atoms with Gasteiger partial charge in [0.1, 0.15) is 0 Å². The average molecular weight is 194 g/mol. The van der Waals surface area contributed by atoms with E-state index in [1.54, 1.807) is 0 Å². The first-order chi connectivity index (χ1) is 6.13. The number of Topliss-reactive ketones (excluding diaryl/α,β-unsaturated/α-hetero) is 1. The molecule has 0 N–H and O–H groups in total. The van der Waals surface area contributed by atoms with E-state index in [-0.39, 0.29) is 0 Å². The summed E-state index contributed by atoms with van der Waals surface area (Å²) >= 11 is 0. The molecule has 0 bridgehead atoms. The van der Waals surface area contributed by atoms with Crippen LogP contribution in [0, 0.1) is 5.92 Å². The van der Waals surface area contributed by atoms with E-state index in [1.165, 1.54) is 0 Å². The smallest absolute Gasteiger partial charge is 0.276 e. The lowest BCUT2D eigenvalue weighted by Gasteiger charge is -2.21. The van der Waals surface area contributed by atoms with Crippen LogP contribution in [0.4, 0.5) is 13.2 Å². The second-order valence-corrected chi connectivity index (χ2v) is 3.47. The molecule has 13 heavy (non-hydrogen) atoms. The van der Waals surface area contributed by atoms with E-state index in [4.69, 9.17) is 0 Å². The summed E-state index contributed by atoms with van der Waals surface area (Å²) in [5, 5.41) is 0. The molecule has 1 rings (SSSR count). The highest BCUT2D eigenvalue weighted by Gasteiger charge is 2.33. The third kappa shape index (κ3) is 2.71. The van der Waals surface area contributed by atoms with Gasteiger partial charge in [-0.25, -0.2) is 13.2 Å². The molecule has 0 saturated heterocycles. The summed E-state index contributed by atoms with van der Waals surface area (Å²) in [4.78, 5) is 11.1. The van der Waals surface area contributed by atoms with Crippen LogP contribution in [0.25, 0.3) is 0 Å². The molecule has 76 valence electrons. The molecule has 1 aliphatic rings. The Kier molecular flexibility index (Phi) is 3.75. The highest BCUT2D eigenvalue weighted by molar-refractivity contribution is 5.85. The summed E-state index contributed by atoms with van der Waals surface area (Å²) < 4.78 is 36.3. The molecular formula is C9H13F3O. The summed E-state index contributed by atoms with van der Waals surface area (Å²) in [5.74, 6) is -1.35. The van der Waals surface area contributed by atoms with Gasteiger partial charge >= 0.3 is 0 Å². The lowest BCUT2D eigenvalue weighted by Crippen LogP contribution is -2.31. The lowest BCUT2D eigenvalue weighted by molar-refractivity contribution is -0.134. The van der Waals surface area contributed by atoms with Crippen molar-refractivity contribution in [2.24, 2.45) is 5.92 Å². The monoisotopic (exact) mass is 194 g/mol. The third-order valence-electron chi connectivity index (χ3n) is 2.50. The van der Waals surface area contributed by atoms with Gasteiger partial charge in [-0.15, -0.1) is 0 Å². The Bertz CT molecular complexity index is 176. The van der Waals surface area contributed by atoms with Crippen molar-refractivity contribution < 1.29 is 18.0 Å². The minimum Gasteiger partial charge on any atom is -0.296 e. The van der Waals surface area contributed by atoms with E-state index in [2.05, 4.69) is 0 Å². The molecule has 1 aliphatic carbocycles. The van der Waals surface area contributed by atoms with Crippen molar-refractivity contribution in [3.63, 3.8) is 0 Å². The zero-order chi connectivity index (χ0) is 9.84. The van der Waals surface area contributed by atoms with E-state index in [0.717, 1.165) is 19.3 Å². The van der Waals surface area contributed by atoms with Gasteiger partial charge in [0.05, 0.1) is 0 Å². The van der Waals surface area contributed by atoms with Crippen LogP contribution < -0.4 is 0 Å². The molecule has 0 radical (unpaired) electrons. The van der Waals surface area contributed by atoms with Gasteiger partial charge in [-0.05, 0) is 12.8 Å². The zero-order valence-corrected chi connectivity index (χ0v) is 7.31. The maximum atomic E-state index is 12.6. The van der Waals surface area contributed by atoms with Gasteiger partial charge in [0.25, 0.3) is 6.43 Å². The molecule has 1 atom stereocenters. The molecule has 0 spiro atoms. The molecule has 0 aliphatic heterocycles. The van der Waals surface area contributed by atoms with Crippen molar-refractivity contribution in [1.82, 2.24) is 0 Å². The summed E-state index contributed by atoms with van der Waals surface area (Å²) in [7, 11) is 0. The maximum Gasteiger partial charge on any atom is 0.276 e. The fourth-order valence-electron chi connectivity index (χ4n) is 1.74. The number of ketones is 1. The predicted octanol–water partition coefficient (Wildman–Crippen LogP) is 2.74. The standard InChI is InChI=1S/C9H13F3O/c10-7(9(11)12)8(13)6-4-2-1-3-5-6/h6-7,9H,1-5H2. The predicted molar refractivity (Wildman–Crippen MR) is 42.5 cm³/mol. The SMILES string of the molecule is O=C(C1CCCCC1)C(F)C(F)F. The van der Waals surface area contributed by atoms with Crippen LogP contribution in [0.2, 0.25) is 0 Å². The van der Waals surface area contributed by atoms with Crippen molar-refractivity contribution in [2.45, 2.75) is 44.7 Å². The van der Waals surface area contributed by atoms with Gasteiger partial charge in [-0.3, -0.25) is 4.79 Å². The highest BCUT2D eigenvalue weighted by Crippen LogP contribution is 2.27. The van der Waals surface area contributed by atoms with Crippen LogP contribution in [0.1, 0.15) is 32.1 Å². The lowest BCUT2D eigenvalue weighted by atomic mass is 9.85. The molecule has 0 aromatic rings. The summed E-state index contributed by atoms with van der Waals surface area (Å²) in [5.41, 5.74) is 0. The molecule has 0 aromatic carbocycles. The number of alkyl halides is 3. The number of carbonyl (C=O) groups excluding carboxylic acids is 1. The normalized spacial score (nSPS) is 21.8. The fourth-order valence-corrected chi connectivity index (χ4v) is 1.74. The minimum absolute atomic E-state index is 0.460. The second kappa shape index (κ2) is 4.63. The Labute approximate surface area is 75.3 Å². The highest BCUT2D eigenvalue weighted by atomic mass is 19.3. The number of hydrogen-bond acceptors (Lipinski definition) is 1. The maximum absolute atomic E-state index is 12.6. The molecule has 1 fully saturated rings. The molecule has 0 heterocycles.